The summed E-state index contributed by atoms with van der Waals surface area (Å²) < 4.78 is 0. The smallest absolute Gasteiger partial charge is 0.325 e. The molecule has 88 valence electrons. The Kier molecular flexibility index (Phi) is 2.46. The van der Waals surface area contributed by atoms with E-state index in [1.165, 1.54) is 0 Å². The minimum Gasteiger partial charge on any atom is -0.480 e. The highest BCUT2D eigenvalue weighted by molar-refractivity contribution is 6.02. The molecule has 1 heterocycles. The van der Waals surface area contributed by atoms with Crippen molar-refractivity contribution in [2.45, 2.75) is 31.2 Å². The number of carboxylic acid groups (broad SMARTS) is 1. The van der Waals surface area contributed by atoms with Gasteiger partial charge in [0.2, 0.25) is 11.8 Å². The van der Waals surface area contributed by atoms with Gasteiger partial charge in [-0.2, -0.15) is 0 Å². The number of carbonyl (C=O) groups is 3. The van der Waals surface area contributed by atoms with E-state index in [1.807, 2.05) is 0 Å². The van der Waals surface area contributed by atoms with Crippen LogP contribution < -0.4 is 5.73 Å². The standard InChI is InChI=1S/C10H14N2O4/c11-10(9(15)16,6-1-2-6)5-12-7(13)3-4-8(12)14/h6H,1-5,11H2,(H,15,16). The Morgan fingerprint density at radius 2 is 1.88 bits per heavy atom. The Morgan fingerprint density at radius 3 is 2.25 bits per heavy atom. The molecule has 1 unspecified atom stereocenters. The van der Waals surface area contributed by atoms with Crippen molar-refractivity contribution in [3.05, 3.63) is 0 Å². The van der Waals surface area contributed by atoms with Crippen molar-refractivity contribution in [2.24, 2.45) is 11.7 Å². The van der Waals surface area contributed by atoms with E-state index in [0.29, 0.717) is 0 Å². The zero-order valence-corrected chi connectivity index (χ0v) is 8.81. The van der Waals surface area contributed by atoms with Gasteiger partial charge in [0.25, 0.3) is 0 Å². The molecule has 3 N–H and O–H groups in total. The summed E-state index contributed by atoms with van der Waals surface area (Å²) in [6.07, 6.45) is 1.83. The highest BCUT2D eigenvalue weighted by atomic mass is 16.4. The highest BCUT2D eigenvalue weighted by Gasteiger charge is 2.51. The maximum Gasteiger partial charge on any atom is 0.325 e. The lowest BCUT2D eigenvalue weighted by Gasteiger charge is -2.28. The molecular formula is C10H14N2O4. The number of carbonyl (C=O) groups excluding carboxylic acids is 2. The zero-order valence-electron chi connectivity index (χ0n) is 8.81. The van der Waals surface area contributed by atoms with E-state index < -0.39 is 11.5 Å². The lowest BCUT2D eigenvalue weighted by molar-refractivity contribution is -0.148. The number of rotatable bonds is 4. The van der Waals surface area contributed by atoms with Crippen LogP contribution in [-0.4, -0.2) is 39.9 Å². The molecule has 16 heavy (non-hydrogen) atoms. The molecule has 0 bridgehead atoms. The third-order valence-electron chi connectivity index (χ3n) is 3.28. The number of nitrogens with two attached hydrogens (primary N) is 1. The molecular weight excluding hydrogens is 212 g/mol. The van der Waals surface area contributed by atoms with Gasteiger partial charge in [-0.05, 0) is 18.8 Å². The van der Waals surface area contributed by atoms with Gasteiger partial charge in [-0.25, -0.2) is 0 Å². The second-order valence-corrected chi connectivity index (χ2v) is 4.49. The topological polar surface area (TPSA) is 101 Å². The monoisotopic (exact) mass is 226 g/mol. The normalized spacial score (nSPS) is 24.7. The average Bonchev–Trinajstić information content (AvgIpc) is 3.01. The molecule has 1 aliphatic heterocycles. The van der Waals surface area contributed by atoms with Crippen LogP contribution in [0.5, 0.6) is 0 Å². The number of carboxylic acids is 1. The summed E-state index contributed by atoms with van der Waals surface area (Å²) in [4.78, 5) is 34.9. The van der Waals surface area contributed by atoms with Crippen molar-refractivity contribution in [1.29, 1.82) is 0 Å². The summed E-state index contributed by atoms with van der Waals surface area (Å²) in [5.41, 5.74) is 4.34. The van der Waals surface area contributed by atoms with Crippen molar-refractivity contribution in [1.82, 2.24) is 4.90 Å². The molecule has 6 nitrogen and oxygen atoms in total. The lowest BCUT2D eigenvalue weighted by Crippen LogP contribution is -2.58. The highest BCUT2D eigenvalue weighted by Crippen LogP contribution is 2.39. The number of hydrogen-bond acceptors (Lipinski definition) is 4. The maximum absolute atomic E-state index is 11.4. The summed E-state index contributed by atoms with van der Waals surface area (Å²) in [7, 11) is 0. The minimum atomic E-state index is -1.46. The number of amides is 2. The van der Waals surface area contributed by atoms with E-state index in [2.05, 4.69) is 0 Å². The predicted octanol–water partition coefficient (Wildman–Crippen LogP) is -0.673. The van der Waals surface area contributed by atoms with Gasteiger partial charge < -0.3 is 10.8 Å². The number of aliphatic carboxylic acids is 1. The van der Waals surface area contributed by atoms with E-state index in [-0.39, 0.29) is 37.1 Å². The van der Waals surface area contributed by atoms with Crippen LogP contribution in [0, 0.1) is 5.92 Å². The van der Waals surface area contributed by atoms with Crippen LogP contribution in [0.15, 0.2) is 0 Å². The molecule has 2 fully saturated rings. The SMILES string of the molecule is NC(CN1C(=O)CCC1=O)(C(=O)O)C1CC1. The van der Waals surface area contributed by atoms with Crippen LogP contribution in [0.4, 0.5) is 0 Å². The van der Waals surface area contributed by atoms with E-state index in [0.717, 1.165) is 17.7 Å². The van der Waals surface area contributed by atoms with Crippen LogP contribution in [0.3, 0.4) is 0 Å². The Balaban J connectivity index is 2.14. The van der Waals surface area contributed by atoms with Crippen molar-refractivity contribution in [3.8, 4) is 0 Å². The Morgan fingerprint density at radius 1 is 1.38 bits per heavy atom. The Bertz CT molecular complexity index is 348. The second-order valence-electron chi connectivity index (χ2n) is 4.49. The van der Waals surface area contributed by atoms with Crippen LogP contribution in [-0.2, 0) is 14.4 Å². The third-order valence-corrected chi connectivity index (χ3v) is 3.28. The van der Waals surface area contributed by atoms with Gasteiger partial charge in [-0.1, -0.05) is 0 Å². The quantitative estimate of drug-likeness (QED) is 0.619. The van der Waals surface area contributed by atoms with Crippen molar-refractivity contribution in [2.75, 3.05) is 6.54 Å². The first kappa shape index (κ1) is 11.1. The predicted molar refractivity (Wildman–Crippen MR) is 53.2 cm³/mol. The Labute approximate surface area is 92.4 Å². The molecule has 0 aromatic heterocycles. The maximum atomic E-state index is 11.4. The van der Waals surface area contributed by atoms with Crippen LogP contribution in [0.1, 0.15) is 25.7 Å². The first-order chi connectivity index (χ1) is 7.45. The van der Waals surface area contributed by atoms with Crippen molar-refractivity contribution in [3.63, 3.8) is 0 Å². The van der Waals surface area contributed by atoms with Gasteiger partial charge in [0.05, 0.1) is 6.54 Å². The molecule has 2 aliphatic rings. The van der Waals surface area contributed by atoms with E-state index in [4.69, 9.17) is 10.8 Å². The number of nitrogens with zero attached hydrogens (tertiary/aromatic N) is 1. The Hall–Kier alpha value is -1.43. The van der Waals surface area contributed by atoms with Crippen LogP contribution in [0.2, 0.25) is 0 Å². The molecule has 6 heteroatoms. The van der Waals surface area contributed by atoms with Gasteiger partial charge in [-0.3, -0.25) is 19.3 Å². The molecule has 0 aromatic carbocycles. The lowest BCUT2D eigenvalue weighted by atomic mass is 9.94. The zero-order chi connectivity index (χ0) is 11.9. The molecule has 0 aromatic rings. The fraction of sp³-hybridized carbons (Fsp3) is 0.700. The van der Waals surface area contributed by atoms with Crippen LogP contribution >= 0.6 is 0 Å². The van der Waals surface area contributed by atoms with E-state index >= 15 is 0 Å². The first-order valence-corrected chi connectivity index (χ1v) is 5.30. The van der Waals surface area contributed by atoms with Crippen LogP contribution in [0.25, 0.3) is 0 Å². The second kappa shape index (κ2) is 3.55. The minimum absolute atomic E-state index is 0.119. The molecule has 1 saturated carbocycles. The molecule has 1 aliphatic carbocycles. The summed E-state index contributed by atoms with van der Waals surface area (Å²) in [5.74, 6) is -1.89. The number of likely N-dealkylation sites (tertiary alicyclic amines) is 1. The molecule has 0 spiro atoms. The summed E-state index contributed by atoms with van der Waals surface area (Å²) >= 11 is 0. The van der Waals surface area contributed by atoms with Crippen molar-refractivity contribution >= 4 is 17.8 Å². The largest absolute Gasteiger partial charge is 0.480 e. The summed E-state index contributed by atoms with van der Waals surface area (Å²) in [5, 5.41) is 9.10. The summed E-state index contributed by atoms with van der Waals surface area (Å²) in [6.45, 7) is -0.190. The van der Waals surface area contributed by atoms with E-state index in [9.17, 15) is 14.4 Å². The molecule has 1 atom stereocenters. The molecule has 0 radical (unpaired) electrons. The summed E-state index contributed by atoms with van der Waals surface area (Å²) in [6, 6.07) is 0. The number of hydrogen-bond donors (Lipinski definition) is 2. The molecule has 1 saturated heterocycles. The van der Waals surface area contributed by atoms with Gasteiger partial charge in [-0.15, -0.1) is 0 Å². The van der Waals surface area contributed by atoms with E-state index in [1.54, 1.807) is 0 Å². The first-order valence-electron chi connectivity index (χ1n) is 5.30. The molecule has 2 rings (SSSR count). The number of imide groups is 1. The van der Waals surface area contributed by atoms with Crippen molar-refractivity contribution < 1.29 is 19.5 Å². The van der Waals surface area contributed by atoms with Gasteiger partial charge >= 0.3 is 5.97 Å². The van der Waals surface area contributed by atoms with Gasteiger partial charge in [0, 0.05) is 12.8 Å². The van der Waals surface area contributed by atoms with Gasteiger partial charge in [0.15, 0.2) is 0 Å². The van der Waals surface area contributed by atoms with Gasteiger partial charge in [0.1, 0.15) is 5.54 Å². The average molecular weight is 226 g/mol. The third kappa shape index (κ3) is 1.69. The fourth-order valence-electron chi connectivity index (χ4n) is 2.03. The molecule has 2 amide bonds. The fourth-order valence-corrected chi connectivity index (χ4v) is 2.03.